The van der Waals surface area contributed by atoms with Crippen LogP contribution in [0.3, 0.4) is 0 Å². The summed E-state index contributed by atoms with van der Waals surface area (Å²) in [4.78, 5) is 26.0. The number of piperidine rings is 1. The standard InChI is InChI=1S/C18H25N5O2/c1-10-21-15-11(5-6-19-15)16(22-10)20-7-12-13-8-23(9-14(12)13)17(24)25-18(2,3)4/h5-6,12-14H,7-9H2,1-4H3,(H2,19,20,21,22)/t12?,13-,14+. The average molecular weight is 343 g/mol. The summed E-state index contributed by atoms with van der Waals surface area (Å²) in [6.07, 6.45) is 1.70. The maximum absolute atomic E-state index is 12.1. The lowest BCUT2D eigenvalue weighted by Crippen LogP contribution is -2.37. The summed E-state index contributed by atoms with van der Waals surface area (Å²) in [5.74, 6) is 3.39. The molecule has 7 heteroatoms. The molecule has 0 radical (unpaired) electrons. The van der Waals surface area contributed by atoms with Crippen LogP contribution in [0.5, 0.6) is 0 Å². The molecule has 3 atom stereocenters. The van der Waals surface area contributed by atoms with Crippen molar-refractivity contribution in [3.8, 4) is 0 Å². The van der Waals surface area contributed by atoms with Gasteiger partial charge in [-0.15, -0.1) is 0 Å². The topological polar surface area (TPSA) is 83.1 Å². The van der Waals surface area contributed by atoms with Crippen LogP contribution in [0.4, 0.5) is 10.6 Å². The van der Waals surface area contributed by atoms with Gasteiger partial charge in [-0.3, -0.25) is 0 Å². The molecule has 0 bridgehead atoms. The van der Waals surface area contributed by atoms with Crippen LogP contribution in [0.1, 0.15) is 26.6 Å². The Morgan fingerprint density at radius 2 is 2.08 bits per heavy atom. The van der Waals surface area contributed by atoms with Gasteiger partial charge in [-0.2, -0.15) is 0 Å². The SMILES string of the molecule is Cc1nc(NCC2[C@H]3CN(C(=O)OC(C)(C)C)C[C@@H]23)c2cc[nH]c2n1. The van der Waals surface area contributed by atoms with E-state index in [1.165, 1.54) is 0 Å². The van der Waals surface area contributed by atoms with Gasteiger partial charge >= 0.3 is 6.09 Å². The summed E-state index contributed by atoms with van der Waals surface area (Å²) in [6, 6.07) is 2.00. The van der Waals surface area contributed by atoms with Crippen molar-refractivity contribution in [1.82, 2.24) is 19.9 Å². The second-order valence-electron chi connectivity index (χ2n) is 8.12. The first-order chi connectivity index (χ1) is 11.8. The summed E-state index contributed by atoms with van der Waals surface area (Å²) in [7, 11) is 0. The molecule has 3 heterocycles. The number of rotatable bonds is 3. The molecule has 1 saturated heterocycles. The fourth-order valence-corrected chi connectivity index (χ4v) is 3.83. The molecular formula is C18H25N5O2. The fraction of sp³-hybridized carbons (Fsp3) is 0.611. The van der Waals surface area contributed by atoms with Crippen LogP contribution in [0.2, 0.25) is 0 Å². The molecular weight excluding hydrogens is 318 g/mol. The van der Waals surface area contributed by atoms with E-state index in [-0.39, 0.29) is 6.09 Å². The minimum Gasteiger partial charge on any atom is -0.444 e. The summed E-state index contributed by atoms with van der Waals surface area (Å²) >= 11 is 0. The molecule has 2 aromatic heterocycles. The van der Waals surface area contributed by atoms with E-state index in [2.05, 4.69) is 20.3 Å². The maximum atomic E-state index is 12.1. The third kappa shape index (κ3) is 3.15. The van der Waals surface area contributed by atoms with Gasteiger partial charge in [0.05, 0.1) is 5.39 Å². The molecule has 0 aromatic carbocycles. The van der Waals surface area contributed by atoms with Crippen LogP contribution >= 0.6 is 0 Å². The highest BCUT2D eigenvalue weighted by atomic mass is 16.6. The molecule has 2 aliphatic rings. The second kappa shape index (κ2) is 5.61. The lowest BCUT2D eigenvalue weighted by Gasteiger charge is -2.26. The molecule has 1 saturated carbocycles. The molecule has 1 amide bonds. The number of nitrogens with one attached hydrogen (secondary N) is 2. The van der Waals surface area contributed by atoms with Crippen LogP contribution in [0, 0.1) is 24.7 Å². The molecule has 1 unspecified atom stereocenters. The summed E-state index contributed by atoms with van der Waals surface area (Å²) < 4.78 is 5.46. The molecule has 0 spiro atoms. The summed E-state index contributed by atoms with van der Waals surface area (Å²) in [6.45, 7) is 10.1. The van der Waals surface area contributed by atoms with Crippen molar-refractivity contribution in [1.29, 1.82) is 0 Å². The van der Waals surface area contributed by atoms with Crippen molar-refractivity contribution in [2.45, 2.75) is 33.3 Å². The first kappa shape index (κ1) is 16.2. The molecule has 4 rings (SSSR count). The number of carbonyl (C=O) groups is 1. The molecule has 1 aliphatic carbocycles. The minimum atomic E-state index is -0.433. The Balaban J connectivity index is 1.32. The number of nitrogens with zero attached hydrogens (tertiary/aromatic N) is 3. The van der Waals surface area contributed by atoms with Crippen LogP contribution in [0.15, 0.2) is 12.3 Å². The number of aromatic nitrogens is 3. The average Bonchev–Trinajstić information content (AvgIpc) is 2.92. The first-order valence-electron chi connectivity index (χ1n) is 8.85. The van der Waals surface area contributed by atoms with E-state index in [4.69, 9.17) is 4.74 Å². The van der Waals surface area contributed by atoms with Crippen LogP contribution in [-0.2, 0) is 4.74 Å². The quantitative estimate of drug-likeness (QED) is 0.895. The monoisotopic (exact) mass is 343 g/mol. The zero-order valence-electron chi connectivity index (χ0n) is 15.2. The van der Waals surface area contributed by atoms with E-state index < -0.39 is 5.60 Å². The summed E-state index contributed by atoms with van der Waals surface area (Å²) in [5.41, 5.74) is 0.430. The predicted molar refractivity (Wildman–Crippen MR) is 95.4 cm³/mol. The Kier molecular flexibility index (Phi) is 3.63. The molecule has 2 fully saturated rings. The van der Waals surface area contributed by atoms with Gasteiger partial charge in [0, 0.05) is 25.8 Å². The maximum Gasteiger partial charge on any atom is 0.410 e. The Bertz CT molecular complexity index is 797. The van der Waals surface area contributed by atoms with E-state index in [9.17, 15) is 4.79 Å². The highest BCUT2D eigenvalue weighted by molar-refractivity contribution is 5.87. The fourth-order valence-electron chi connectivity index (χ4n) is 3.83. The van der Waals surface area contributed by atoms with Crippen molar-refractivity contribution in [3.05, 3.63) is 18.1 Å². The van der Waals surface area contributed by atoms with E-state index in [0.29, 0.717) is 17.8 Å². The number of hydrogen-bond acceptors (Lipinski definition) is 5. The zero-order valence-corrected chi connectivity index (χ0v) is 15.2. The number of aromatic amines is 1. The molecule has 2 N–H and O–H groups in total. The van der Waals surface area contributed by atoms with Gasteiger partial charge < -0.3 is 19.9 Å². The number of likely N-dealkylation sites (tertiary alicyclic amines) is 1. The lowest BCUT2D eigenvalue weighted by atomic mass is 10.2. The number of aryl methyl sites for hydroxylation is 1. The Morgan fingerprint density at radius 1 is 1.36 bits per heavy atom. The third-order valence-electron chi connectivity index (χ3n) is 5.06. The van der Waals surface area contributed by atoms with E-state index in [0.717, 1.165) is 42.3 Å². The van der Waals surface area contributed by atoms with Gasteiger partial charge in [0.15, 0.2) is 0 Å². The van der Waals surface area contributed by atoms with Crippen LogP contribution in [-0.4, -0.2) is 51.2 Å². The molecule has 7 nitrogen and oxygen atoms in total. The van der Waals surface area contributed by atoms with Crippen molar-refractivity contribution >= 4 is 22.9 Å². The van der Waals surface area contributed by atoms with Crippen LogP contribution in [0.25, 0.3) is 11.0 Å². The Hall–Kier alpha value is -2.31. The van der Waals surface area contributed by atoms with Gasteiger partial charge in [0.25, 0.3) is 0 Å². The second-order valence-corrected chi connectivity index (χ2v) is 8.12. The molecule has 25 heavy (non-hydrogen) atoms. The highest BCUT2D eigenvalue weighted by Gasteiger charge is 2.56. The van der Waals surface area contributed by atoms with E-state index >= 15 is 0 Å². The Labute approximate surface area is 147 Å². The molecule has 134 valence electrons. The van der Waals surface area contributed by atoms with Gasteiger partial charge in [0.1, 0.15) is 22.9 Å². The van der Waals surface area contributed by atoms with Crippen molar-refractivity contribution in [2.24, 2.45) is 17.8 Å². The molecule has 1 aliphatic heterocycles. The van der Waals surface area contributed by atoms with Crippen molar-refractivity contribution in [3.63, 3.8) is 0 Å². The number of anilines is 1. The van der Waals surface area contributed by atoms with E-state index in [1.807, 2.05) is 44.9 Å². The first-order valence-corrected chi connectivity index (χ1v) is 8.85. The largest absolute Gasteiger partial charge is 0.444 e. The van der Waals surface area contributed by atoms with Crippen LogP contribution < -0.4 is 5.32 Å². The van der Waals surface area contributed by atoms with Gasteiger partial charge in [-0.25, -0.2) is 14.8 Å². The smallest absolute Gasteiger partial charge is 0.410 e. The van der Waals surface area contributed by atoms with Crippen molar-refractivity contribution in [2.75, 3.05) is 25.0 Å². The number of fused-ring (bicyclic) bond motifs is 2. The number of ether oxygens (including phenoxy) is 1. The van der Waals surface area contributed by atoms with Gasteiger partial charge in [-0.1, -0.05) is 0 Å². The van der Waals surface area contributed by atoms with Gasteiger partial charge in [0.2, 0.25) is 0 Å². The minimum absolute atomic E-state index is 0.188. The Morgan fingerprint density at radius 3 is 2.76 bits per heavy atom. The zero-order chi connectivity index (χ0) is 17.8. The van der Waals surface area contributed by atoms with Gasteiger partial charge in [-0.05, 0) is 51.5 Å². The number of amides is 1. The third-order valence-corrected chi connectivity index (χ3v) is 5.06. The van der Waals surface area contributed by atoms with E-state index in [1.54, 1.807) is 0 Å². The predicted octanol–water partition coefficient (Wildman–Crippen LogP) is 2.79. The number of hydrogen-bond donors (Lipinski definition) is 2. The normalized spacial score (nSPS) is 25.1. The van der Waals surface area contributed by atoms with Crippen molar-refractivity contribution < 1.29 is 9.53 Å². The number of carbonyl (C=O) groups excluding carboxylic acids is 1. The number of H-pyrrole nitrogens is 1. The summed E-state index contributed by atoms with van der Waals surface area (Å²) in [5, 5.41) is 4.50. The highest BCUT2D eigenvalue weighted by Crippen LogP contribution is 2.51. The molecule has 2 aromatic rings. The lowest BCUT2D eigenvalue weighted by molar-refractivity contribution is 0.0266.